The molecule has 0 amide bonds. The molecule has 94 valence electrons. The van der Waals surface area contributed by atoms with E-state index in [2.05, 4.69) is 5.32 Å². The third kappa shape index (κ3) is 3.14. The molecule has 4 heteroatoms. The highest BCUT2D eigenvalue weighted by molar-refractivity contribution is 6.33. The fraction of sp³-hybridized carbons (Fsp3) is 0.214. The van der Waals surface area contributed by atoms with Crippen LogP contribution in [-0.4, -0.2) is 11.1 Å². The summed E-state index contributed by atoms with van der Waals surface area (Å²) < 4.78 is 1.66. The van der Waals surface area contributed by atoms with E-state index in [1.54, 1.807) is 22.9 Å². The van der Waals surface area contributed by atoms with Crippen LogP contribution >= 0.6 is 11.6 Å². The summed E-state index contributed by atoms with van der Waals surface area (Å²) in [5.41, 5.74) is 2.06. The van der Waals surface area contributed by atoms with E-state index in [1.165, 1.54) is 0 Å². The number of aromatic nitrogens is 1. The number of nitrogens with zero attached hydrogens (tertiary/aromatic N) is 1. The number of benzene rings is 1. The van der Waals surface area contributed by atoms with Gasteiger partial charge in [0.2, 0.25) is 0 Å². The number of hydrogen-bond donors (Lipinski definition) is 1. The van der Waals surface area contributed by atoms with E-state index in [9.17, 15) is 4.79 Å². The van der Waals surface area contributed by atoms with E-state index in [1.807, 2.05) is 31.2 Å². The van der Waals surface area contributed by atoms with Crippen molar-refractivity contribution in [2.45, 2.75) is 13.5 Å². The number of halogens is 1. The van der Waals surface area contributed by atoms with Gasteiger partial charge in [-0.25, -0.2) is 0 Å². The first-order valence-electron chi connectivity index (χ1n) is 5.82. The van der Waals surface area contributed by atoms with Crippen LogP contribution in [0.25, 0.3) is 0 Å². The molecule has 0 saturated heterocycles. The van der Waals surface area contributed by atoms with E-state index in [0.29, 0.717) is 18.1 Å². The Morgan fingerprint density at radius 3 is 2.89 bits per heavy atom. The molecule has 0 bridgehead atoms. The van der Waals surface area contributed by atoms with Crippen molar-refractivity contribution < 1.29 is 0 Å². The molecule has 1 aromatic heterocycles. The zero-order chi connectivity index (χ0) is 13.0. The molecule has 0 atom stereocenters. The van der Waals surface area contributed by atoms with Crippen molar-refractivity contribution in [3.63, 3.8) is 0 Å². The number of nitrogens with one attached hydrogen (secondary N) is 1. The molecule has 0 saturated carbocycles. The second kappa shape index (κ2) is 5.74. The molecule has 1 N–H and O–H groups in total. The average Bonchev–Trinajstić information content (AvgIpc) is 2.36. The molecule has 0 aliphatic heterocycles. The summed E-state index contributed by atoms with van der Waals surface area (Å²) in [5.74, 6) is 0. The van der Waals surface area contributed by atoms with Gasteiger partial charge in [-0.1, -0.05) is 23.7 Å². The van der Waals surface area contributed by atoms with Gasteiger partial charge in [0, 0.05) is 25.4 Å². The zero-order valence-corrected chi connectivity index (χ0v) is 10.9. The Kier molecular flexibility index (Phi) is 4.05. The molecule has 0 aliphatic rings. The smallest absolute Gasteiger partial charge is 0.250 e. The van der Waals surface area contributed by atoms with Gasteiger partial charge in [0.15, 0.2) is 0 Å². The Bertz CT molecular complexity index is 592. The van der Waals surface area contributed by atoms with E-state index in [4.69, 9.17) is 11.6 Å². The molecule has 18 heavy (non-hydrogen) atoms. The van der Waals surface area contributed by atoms with Gasteiger partial charge in [-0.3, -0.25) is 4.79 Å². The maximum atomic E-state index is 11.5. The van der Waals surface area contributed by atoms with Crippen molar-refractivity contribution >= 4 is 17.3 Å². The van der Waals surface area contributed by atoms with E-state index >= 15 is 0 Å². The molecule has 0 aliphatic carbocycles. The molecule has 0 radical (unpaired) electrons. The molecule has 0 unspecified atom stereocenters. The van der Waals surface area contributed by atoms with Gasteiger partial charge in [0.25, 0.3) is 5.56 Å². The number of pyridine rings is 1. The van der Waals surface area contributed by atoms with Crippen LogP contribution in [0.1, 0.15) is 5.56 Å². The van der Waals surface area contributed by atoms with E-state index in [0.717, 1.165) is 11.3 Å². The predicted molar refractivity (Wildman–Crippen MR) is 75.4 cm³/mol. The largest absolute Gasteiger partial charge is 0.382 e. The Morgan fingerprint density at radius 2 is 2.11 bits per heavy atom. The van der Waals surface area contributed by atoms with Crippen LogP contribution in [0, 0.1) is 6.92 Å². The summed E-state index contributed by atoms with van der Waals surface area (Å²) >= 11 is 6.08. The van der Waals surface area contributed by atoms with E-state index in [-0.39, 0.29) is 5.56 Å². The molecule has 3 nitrogen and oxygen atoms in total. The molecule has 2 aromatic rings. The van der Waals surface area contributed by atoms with Crippen LogP contribution in [0.3, 0.4) is 0 Å². The first kappa shape index (κ1) is 12.7. The molecule has 0 spiro atoms. The van der Waals surface area contributed by atoms with Crippen LogP contribution in [0.2, 0.25) is 5.02 Å². The Balaban J connectivity index is 1.99. The van der Waals surface area contributed by atoms with Gasteiger partial charge >= 0.3 is 0 Å². The predicted octanol–water partition coefficient (Wildman–Crippen LogP) is 2.92. The minimum atomic E-state index is 0.00893. The fourth-order valence-electron chi connectivity index (χ4n) is 1.73. The summed E-state index contributed by atoms with van der Waals surface area (Å²) in [4.78, 5) is 11.5. The van der Waals surface area contributed by atoms with Crippen molar-refractivity contribution in [3.8, 4) is 0 Å². The highest BCUT2D eigenvalue weighted by Gasteiger charge is 2.00. The highest BCUT2D eigenvalue weighted by atomic mass is 35.5. The van der Waals surface area contributed by atoms with Crippen molar-refractivity contribution in [1.82, 2.24) is 4.57 Å². The van der Waals surface area contributed by atoms with Gasteiger partial charge < -0.3 is 9.88 Å². The third-order valence-electron chi connectivity index (χ3n) is 2.69. The normalized spacial score (nSPS) is 10.3. The number of aryl methyl sites for hydroxylation is 1. The lowest BCUT2D eigenvalue weighted by Crippen LogP contribution is -2.22. The summed E-state index contributed by atoms with van der Waals surface area (Å²) in [6, 6.07) is 11.0. The lowest BCUT2D eigenvalue weighted by molar-refractivity contribution is 0.697. The number of anilines is 1. The Morgan fingerprint density at radius 1 is 1.28 bits per heavy atom. The minimum Gasteiger partial charge on any atom is -0.382 e. The molecule has 0 fully saturated rings. The number of hydrogen-bond acceptors (Lipinski definition) is 2. The molecule has 1 aromatic carbocycles. The highest BCUT2D eigenvalue weighted by Crippen LogP contribution is 2.22. The third-order valence-corrected chi connectivity index (χ3v) is 3.02. The molecular formula is C14H15ClN2O. The molecule has 2 rings (SSSR count). The number of rotatable bonds is 4. The standard InChI is InChI=1S/C14H15ClN2O/c1-11-5-6-12(15)13(10-11)16-7-9-17-8-3-2-4-14(17)18/h2-6,8,10,16H,7,9H2,1H3. The van der Waals surface area contributed by atoms with Crippen LogP contribution in [0.5, 0.6) is 0 Å². The molecular weight excluding hydrogens is 248 g/mol. The Labute approximate surface area is 111 Å². The fourth-order valence-corrected chi connectivity index (χ4v) is 1.92. The quantitative estimate of drug-likeness (QED) is 0.919. The maximum Gasteiger partial charge on any atom is 0.250 e. The second-order valence-corrected chi connectivity index (χ2v) is 4.55. The van der Waals surface area contributed by atoms with Crippen LogP contribution in [-0.2, 0) is 6.54 Å². The lowest BCUT2D eigenvalue weighted by atomic mass is 10.2. The van der Waals surface area contributed by atoms with Gasteiger partial charge in [-0.2, -0.15) is 0 Å². The van der Waals surface area contributed by atoms with Crippen molar-refractivity contribution in [2.24, 2.45) is 0 Å². The average molecular weight is 263 g/mol. The summed E-state index contributed by atoms with van der Waals surface area (Å²) in [5, 5.41) is 3.93. The van der Waals surface area contributed by atoms with Crippen molar-refractivity contribution in [3.05, 3.63) is 63.5 Å². The van der Waals surface area contributed by atoms with E-state index < -0.39 is 0 Å². The first-order valence-corrected chi connectivity index (χ1v) is 6.20. The second-order valence-electron chi connectivity index (χ2n) is 4.14. The van der Waals surface area contributed by atoms with Gasteiger partial charge in [-0.05, 0) is 30.7 Å². The zero-order valence-electron chi connectivity index (χ0n) is 10.2. The minimum absolute atomic E-state index is 0.00893. The summed E-state index contributed by atoms with van der Waals surface area (Å²) in [6.45, 7) is 3.29. The SMILES string of the molecule is Cc1ccc(Cl)c(NCCn2ccccc2=O)c1. The first-order chi connectivity index (χ1) is 8.66. The van der Waals surface area contributed by atoms with Crippen molar-refractivity contribution in [1.29, 1.82) is 0 Å². The topological polar surface area (TPSA) is 34.0 Å². The summed E-state index contributed by atoms with van der Waals surface area (Å²) in [7, 11) is 0. The summed E-state index contributed by atoms with van der Waals surface area (Å²) in [6.07, 6.45) is 1.78. The van der Waals surface area contributed by atoms with Crippen LogP contribution in [0.15, 0.2) is 47.4 Å². The Hall–Kier alpha value is -1.74. The van der Waals surface area contributed by atoms with Crippen molar-refractivity contribution in [2.75, 3.05) is 11.9 Å². The monoisotopic (exact) mass is 262 g/mol. The lowest BCUT2D eigenvalue weighted by Gasteiger charge is -2.10. The van der Waals surface area contributed by atoms with Gasteiger partial charge in [-0.15, -0.1) is 0 Å². The molecule has 1 heterocycles. The van der Waals surface area contributed by atoms with Crippen LogP contribution in [0.4, 0.5) is 5.69 Å². The van der Waals surface area contributed by atoms with Gasteiger partial charge in [0.05, 0.1) is 10.7 Å². The van der Waals surface area contributed by atoms with Gasteiger partial charge in [0.1, 0.15) is 0 Å². The maximum absolute atomic E-state index is 11.5. The van der Waals surface area contributed by atoms with Crippen LogP contribution < -0.4 is 10.9 Å².